The minimum Gasteiger partial charge on any atom is -0.481 e. The summed E-state index contributed by atoms with van der Waals surface area (Å²) in [5, 5.41) is 8.71. The maximum Gasteiger partial charge on any atom is 0.306 e. The topological polar surface area (TPSA) is 37.3 Å². The first kappa shape index (κ1) is 15.5. The fraction of sp³-hybridized carbons (Fsp3) is 0.929. The number of carbonyl (C=O) groups is 1. The average molecular weight is 228 g/mol. The van der Waals surface area contributed by atoms with Crippen LogP contribution in [0.25, 0.3) is 0 Å². The van der Waals surface area contributed by atoms with Crippen LogP contribution in [0.1, 0.15) is 72.1 Å². The normalized spacial score (nSPS) is 14.7. The van der Waals surface area contributed by atoms with Crippen LogP contribution in [-0.2, 0) is 4.79 Å². The SMILES string of the molecule is CCC(C)CCCCCCCC(C)C(=O)O. The summed E-state index contributed by atoms with van der Waals surface area (Å²) in [6.45, 7) is 6.36. The van der Waals surface area contributed by atoms with Gasteiger partial charge in [0.05, 0.1) is 5.92 Å². The molecule has 0 aliphatic carbocycles. The van der Waals surface area contributed by atoms with Gasteiger partial charge in [0.25, 0.3) is 0 Å². The highest BCUT2D eigenvalue weighted by Gasteiger charge is 2.09. The van der Waals surface area contributed by atoms with Gasteiger partial charge in [0.2, 0.25) is 0 Å². The van der Waals surface area contributed by atoms with E-state index in [1.165, 1.54) is 38.5 Å². The van der Waals surface area contributed by atoms with Crippen LogP contribution in [-0.4, -0.2) is 11.1 Å². The third-order valence-corrected chi connectivity index (χ3v) is 3.45. The Morgan fingerprint density at radius 1 is 1.00 bits per heavy atom. The molecule has 0 spiro atoms. The Labute approximate surface area is 100 Å². The largest absolute Gasteiger partial charge is 0.481 e. The van der Waals surface area contributed by atoms with E-state index in [1.54, 1.807) is 6.92 Å². The summed E-state index contributed by atoms with van der Waals surface area (Å²) in [5.41, 5.74) is 0. The van der Waals surface area contributed by atoms with Crippen LogP contribution in [0.15, 0.2) is 0 Å². The molecule has 0 radical (unpaired) electrons. The van der Waals surface area contributed by atoms with Crippen LogP contribution in [0.2, 0.25) is 0 Å². The number of carboxylic acid groups (broad SMARTS) is 1. The van der Waals surface area contributed by atoms with Gasteiger partial charge in [-0.25, -0.2) is 0 Å². The number of hydrogen-bond donors (Lipinski definition) is 1. The van der Waals surface area contributed by atoms with Crippen molar-refractivity contribution in [2.75, 3.05) is 0 Å². The molecule has 0 aliphatic rings. The fourth-order valence-electron chi connectivity index (χ4n) is 1.80. The van der Waals surface area contributed by atoms with Crippen LogP contribution >= 0.6 is 0 Å². The van der Waals surface area contributed by atoms with E-state index in [9.17, 15) is 4.79 Å². The van der Waals surface area contributed by atoms with E-state index in [0.717, 1.165) is 18.8 Å². The smallest absolute Gasteiger partial charge is 0.306 e. The third-order valence-electron chi connectivity index (χ3n) is 3.45. The molecule has 0 aromatic carbocycles. The van der Waals surface area contributed by atoms with E-state index >= 15 is 0 Å². The molecule has 2 heteroatoms. The van der Waals surface area contributed by atoms with Crippen LogP contribution in [0.3, 0.4) is 0 Å². The Morgan fingerprint density at radius 3 is 2.00 bits per heavy atom. The number of aliphatic carboxylic acids is 1. The van der Waals surface area contributed by atoms with Crippen molar-refractivity contribution < 1.29 is 9.90 Å². The average Bonchev–Trinajstić information content (AvgIpc) is 2.26. The molecule has 2 nitrogen and oxygen atoms in total. The van der Waals surface area contributed by atoms with Crippen molar-refractivity contribution in [3.05, 3.63) is 0 Å². The highest BCUT2D eigenvalue weighted by Crippen LogP contribution is 2.15. The number of rotatable bonds is 10. The van der Waals surface area contributed by atoms with Crippen LogP contribution in [0.4, 0.5) is 0 Å². The number of carboxylic acids is 1. The first-order chi connectivity index (χ1) is 7.57. The molecule has 96 valence electrons. The summed E-state index contributed by atoms with van der Waals surface area (Å²) in [6, 6.07) is 0. The summed E-state index contributed by atoms with van der Waals surface area (Å²) in [5.74, 6) is 0.0453. The summed E-state index contributed by atoms with van der Waals surface area (Å²) >= 11 is 0. The van der Waals surface area contributed by atoms with Crippen molar-refractivity contribution in [1.29, 1.82) is 0 Å². The van der Waals surface area contributed by atoms with Gasteiger partial charge in [-0.1, -0.05) is 65.7 Å². The molecule has 0 saturated carbocycles. The number of hydrogen-bond acceptors (Lipinski definition) is 1. The molecule has 0 aliphatic heterocycles. The second kappa shape index (κ2) is 9.68. The summed E-state index contributed by atoms with van der Waals surface area (Å²) in [4.78, 5) is 10.6. The van der Waals surface area contributed by atoms with E-state index < -0.39 is 5.97 Å². The summed E-state index contributed by atoms with van der Waals surface area (Å²) in [6.07, 6.45) is 9.64. The lowest BCUT2D eigenvalue weighted by Crippen LogP contribution is -2.08. The Hall–Kier alpha value is -0.530. The highest BCUT2D eigenvalue weighted by molar-refractivity contribution is 5.69. The minimum absolute atomic E-state index is 0.167. The zero-order valence-corrected chi connectivity index (χ0v) is 11.2. The molecule has 2 unspecified atom stereocenters. The first-order valence-electron chi connectivity index (χ1n) is 6.80. The van der Waals surface area contributed by atoms with E-state index in [2.05, 4.69) is 13.8 Å². The van der Waals surface area contributed by atoms with Crippen molar-refractivity contribution in [1.82, 2.24) is 0 Å². The molecule has 0 aromatic rings. The van der Waals surface area contributed by atoms with Crippen molar-refractivity contribution in [3.63, 3.8) is 0 Å². The molecule has 0 heterocycles. The van der Waals surface area contributed by atoms with Gasteiger partial charge in [0.1, 0.15) is 0 Å². The summed E-state index contributed by atoms with van der Waals surface area (Å²) in [7, 11) is 0. The predicted octanol–water partition coefficient (Wildman–Crippen LogP) is 4.48. The quantitative estimate of drug-likeness (QED) is 0.560. The van der Waals surface area contributed by atoms with Crippen LogP contribution in [0.5, 0.6) is 0 Å². The standard InChI is InChI=1S/C14H28O2/c1-4-12(2)10-8-6-5-7-9-11-13(3)14(15)16/h12-13H,4-11H2,1-3H3,(H,15,16). The lowest BCUT2D eigenvalue weighted by atomic mass is 9.98. The molecule has 0 aromatic heterocycles. The second-order valence-electron chi connectivity index (χ2n) is 5.10. The maximum absolute atomic E-state index is 10.6. The van der Waals surface area contributed by atoms with Crippen molar-refractivity contribution in [2.45, 2.75) is 72.1 Å². The molecule has 0 amide bonds. The Bertz CT molecular complexity index is 178. The molecular weight excluding hydrogens is 200 g/mol. The first-order valence-corrected chi connectivity index (χ1v) is 6.80. The van der Waals surface area contributed by atoms with Crippen molar-refractivity contribution in [3.8, 4) is 0 Å². The van der Waals surface area contributed by atoms with Crippen LogP contribution < -0.4 is 0 Å². The molecule has 16 heavy (non-hydrogen) atoms. The minimum atomic E-state index is -0.656. The molecule has 2 atom stereocenters. The van der Waals surface area contributed by atoms with Crippen LogP contribution in [0, 0.1) is 11.8 Å². The zero-order chi connectivity index (χ0) is 12.4. The molecule has 0 rings (SSSR count). The Balaban J connectivity index is 3.19. The monoisotopic (exact) mass is 228 g/mol. The predicted molar refractivity (Wildman–Crippen MR) is 68.6 cm³/mol. The van der Waals surface area contributed by atoms with E-state index in [-0.39, 0.29) is 5.92 Å². The second-order valence-corrected chi connectivity index (χ2v) is 5.10. The van der Waals surface area contributed by atoms with Crippen molar-refractivity contribution >= 4 is 5.97 Å². The van der Waals surface area contributed by atoms with Gasteiger partial charge in [-0.15, -0.1) is 0 Å². The van der Waals surface area contributed by atoms with E-state index in [0.29, 0.717) is 0 Å². The maximum atomic E-state index is 10.6. The lowest BCUT2D eigenvalue weighted by molar-refractivity contribution is -0.141. The van der Waals surface area contributed by atoms with Gasteiger partial charge in [0.15, 0.2) is 0 Å². The Morgan fingerprint density at radius 2 is 1.50 bits per heavy atom. The van der Waals surface area contributed by atoms with E-state index in [4.69, 9.17) is 5.11 Å². The number of unbranched alkanes of at least 4 members (excludes halogenated alkanes) is 4. The van der Waals surface area contributed by atoms with Gasteiger partial charge >= 0.3 is 5.97 Å². The molecule has 0 fully saturated rings. The van der Waals surface area contributed by atoms with Gasteiger partial charge in [-0.2, -0.15) is 0 Å². The van der Waals surface area contributed by atoms with Gasteiger partial charge in [-0.05, 0) is 12.3 Å². The molecular formula is C14H28O2. The van der Waals surface area contributed by atoms with Gasteiger partial charge in [-0.3, -0.25) is 4.79 Å². The van der Waals surface area contributed by atoms with Crippen molar-refractivity contribution in [2.24, 2.45) is 11.8 Å². The highest BCUT2D eigenvalue weighted by atomic mass is 16.4. The van der Waals surface area contributed by atoms with E-state index in [1.807, 2.05) is 0 Å². The molecule has 1 N–H and O–H groups in total. The zero-order valence-electron chi connectivity index (χ0n) is 11.2. The van der Waals surface area contributed by atoms with Gasteiger partial charge < -0.3 is 5.11 Å². The fourth-order valence-corrected chi connectivity index (χ4v) is 1.80. The third kappa shape index (κ3) is 8.75. The molecule has 0 bridgehead atoms. The lowest BCUT2D eigenvalue weighted by Gasteiger charge is -2.08. The van der Waals surface area contributed by atoms with Gasteiger partial charge in [0, 0.05) is 0 Å². The summed E-state index contributed by atoms with van der Waals surface area (Å²) < 4.78 is 0. The Kier molecular flexibility index (Phi) is 9.36. The molecule has 0 saturated heterocycles.